The van der Waals surface area contributed by atoms with E-state index in [0.717, 1.165) is 31.5 Å². The summed E-state index contributed by atoms with van der Waals surface area (Å²) in [6.45, 7) is 12.3. The van der Waals surface area contributed by atoms with Crippen LogP contribution in [-0.2, 0) is 20.2 Å². The number of anilines is 1. The van der Waals surface area contributed by atoms with Gasteiger partial charge in [-0.2, -0.15) is 4.31 Å². The molecule has 2 heterocycles. The van der Waals surface area contributed by atoms with Crippen molar-refractivity contribution in [3.63, 3.8) is 0 Å². The van der Waals surface area contributed by atoms with E-state index in [1.165, 1.54) is 4.31 Å². The minimum Gasteiger partial charge on any atom is -0.495 e. The lowest BCUT2D eigenvalue weighted by Gasteiger charge is -2.36. The van der Waals surface area contributed by atoms with Gasteiger partial charge < -0.3 is 15.0 Å². The van der Waals surface area contributed by atoms with Crippen molar-refractivity contribution >= 4 is 21.6 Å². The molecule has 0 aliphatic carbocycles. The lowest BCUT2D eigenvalue weighted by Crippen LogP contribution is -2.47. The molecular weight excluding hydrogens is 402 g/mol. The number of methoxy groups -OCH3 is 1. The van der Waals surface area contributed by atoms with Crippen LogP contribution in [0.25, 0.3) is 0 Å². The third-order valence-electron chi connectivity index (χ3n) is 6.35. The molecular formula is C22H35N3O4S. The van der Waals surface area contributed by atoms with E-state index in [4.69, 9.17) is 4.74 Å². The minimum atomic E-state index is -3.69. The Labute approximate surface area is 180 Å². The standard InChI is InChI=1S/C22H35N3O4S/c1-7-24(8-2)30(27,28)17-10-9-16(29-6)19-18(17)22(11-13-23-14-12-22)15-25(19)20(26)21(3,4)5/h9-10,23H,7-8,11-15H2,1-6H3. The summed E-state index contributed by atoms with van der Waals surface area (Å²) < 4.78 is 34.4. The minimum absolute atomic E-state index is 0.0187. The van der Waals surface area contributed by atoms with Crippen molar-refractivity contribution in [2.75, 3.05) is 44.7 Å². The second-order valence-corrected chi connectivity index (χ2v) is 11.2. The number of nitrogens with zero attached hydrogens (tertiary/aromatic N) is 2. The van der Waals surface area contributed by atoms with Gasteiger partial charge in [0, 0.05) is 36.0 Å². The van der Waals surface area contributed by atoms with E-state index in [2.05, 4.69) is 5.32 Å². The van der Waals surface area contributed by atoms with Gasteiger partial charge in [-0.25, -0.2) is 8.42 Å². The molecule has 0 saturated carbocycles. The molecule has 2 aliphatic heterocycles. The summed E-state index contributed by atoms with van der Waals surface area (Å²) >= 11 is 0. The molecule has 1 fully saturated rings. The second-order valence-electron chi connectivity index (χ2n) is 9.25. The number of piperidine rings is 1. The number of rotatable bonds is 5. The van der Waals surface area contributed by atoms with Crippen LogP contribution in [0.5, 0.6) is 5.75 Å². The molecule has 8 heteroatoms. The van der Waals surface area contributed by atoms with E-state index in [0.29, 0.717) is 36.0 Å². The maximum absolute atomic E-state index is 13.6. The first-order valence-electron chi connectivity index (χ1n) is 10.8. The van der Waals surface area contributed by atoms with Crippen molar-refractivity contribution in [3.8, 4) is 5.75 Å². The Morgan fingerprint density at radius 1 is 1.20 bits per heavy atom. The summed E-state index contributed by atoms with van der Waals surface area (Å²) in [5, 5.41) is 3.38. The van der Waals surface area contributed by atoms with Crippen LogP contribution in [0.4, 0.5) is 5.69 Å². The summed E-state index contributed by atoms with van der Waals surface area (Å²) in [4.78, 5) is 15.5. The van der Waals surface area contributed by atoms with Gasteiger partial charge in [0.05, 0.1) is 17.7 Å². The van der Waals surface area contributed by atoms with Crippen molar-refractivity contribution < 1.29 is 17.9 Å². The van der Waals surface area contributed by atoms with Gasteiger partial charge in [-0.3, -0.25) is 4.79 Å². The van der Waals surface area contributed by atoms with Crippen molar-refractivity contribution in [3.05, 3.63) is 17.7 Å². The fraction of sp³-hybridized carbons (Fsp3) is 0.682. The van der Waals surface area contributed by atoms with E-state index in [1.807, 2.05) is 34.6 Å². The Bertz CT molecular complexity index is 911. The molecule has 7 nitrogen and oxygen atoms in total. The number of nitrogens with one attached hydrogen (secondary N) is 1. The average molecular weight is 438 g/mol. The van der Waals surface area contributed by atoms with Gasteiger partial charge in [0.1, 0.15) is 5.75 Å². The highest BCUT2D eigenvalue weighted by molar-refractivity contribution is 7.89. The lowest BCUT2D eigenvalue weighted by molar-refractivity contribution is -0.125. The van der Waals surface area contributed by atoms with E-state index in [1.54, 1.807) is 24.1 Å². The predicted octanol–water partition coefficient (Wildman–Crippen LogP) is 2.74. The Morgan fingerprint density at radius 2 is 1.80 bits per heavy atom. The molecule has 1 saturated heterocycles. The fourth-order valence-corrected chi connectivity index (χ4v) is 6.54. The highest BCUT2D eigenvalue weighted by Crippen LogP contribution is 2.53. The van der Waals surface area contributed by atoms with Crippen molar-refractivity contribution in [2.24, 2.45) is 5.41 Å². The predicted molar refractivity (Wildman–Crippen MR) is 119 cm³/mol. The third-order valence-corrected chi connectivity index (χ3v) is 8.45. The van der Waals surface area contributed by atoms with Crippen LogP contribution in [-0.4, -0.2) is 58.5 Å². The Balaban J connectivity index is 2.33. The zero-order valence-corrected chi connectivity index (χ0v) is 19.9. The molecule has 1 aromatic carbocycles. The normalized spacial score (nSPS) is 18.7. The van der Waals surface area contributed by atoms with Crippen molar-refractivity contribution in [1.29, 1.82) is 0 Å². The van der Waals surface area contributed by atoms with Crippen LogP contribution in [0.2, 0.25) is 0 Å². The quantitative estimate of drug-likeness (QED) is 0.766. The highest BCUT2D eigenvalue weighted by Gasteiger charge is 2.51. The number of amides is 1. The summed E-state index contributed by atoms with van der Waals surface area (Å²) in [5.74, 6) is 0.534. The fourth-order valence-electron chi connectivity index (χ4n) is 4.77. The van der Waals surface area contributed by atoms with Crippen LogP contribution in [0.3, 0.4) is 0 Å². The topological polar surface area (TPSA) is 79.0 Å². The molecule has 0 atom stereocenters. The molecule has 168 valence electrons. The van der Waals surface area contributed by atoms with Gasteiger partial charge in [0.2, 0.25) is 15.9 Å². The summed E-state index contributed by atoms with van der Waals surface area (Å²) in [6.07, 6.45) is 1.56. The molecule has 0 unspecified atom stereocenters. The highest BCUT2D eigenvalue weighted by atomic mass is 32.2. The summed E-state index contributed by atoms with van der Waals surface area (Å²) in [6, 6.07) is 3.36. The largest absolute Gasteiger partial charge is 0.495 e. The molecule has 2 aliphatic rings. The first kappa shape index (κ1) is 23.0. The maximum atomic E-state index is 13.6. The summed E-state index contributed by atoms with van der Waals surface area (Å²) in [7, 11) is -2.12. The van der Waals surface area contributed by atoms with Gasteiger partial charge in [0.25, 0.3) is 0 Å². The monoisotopic (exact) mass is 437 g/mol. The van der Waals surface area contributed by atoms with Crippen LogP contribution in [0.1, 0.15) is 53.0 Å². The molecule has 0 bridgehead atoms. The van der Waals surface area contributed by atoms with E-state index in [9.17, 15) is 13.2 Å². The number of sulfonamides is 1. The van der Waals surface area contributed by atoms with Gasteiger partial charge in [-0.05, 0) is 38.1 Å². The molecule has 1 spiro atoms. The number of carbonyl (C=O) groups is 1. The molecule has 1 aromatic rings. The lowest BCUT2D eigenvalue weighted by atomic mass is 9.74. The second kappa shape index (κ2) is 8.13. The average Bonchev–Trinajstić information content (AvgIpc) is 3.01. The number of ether oxygens (including phenoxy) is 1. The van der Waals surface area contributed by atoms with Crippen molar-refractivity contribution in [1.82, 2.24) is 9.62 Å². The molecule has 0 radical (unpaired) electrons. The van der Waals surface area contributed by atoms with E-state index >= 15 is 0 Å². The number of benzene rings is 1. The van der Waals surface area contributed by atoms with Crippen LogP contribution < -0.4 is 15.0 Å². The van der Waals surface area contributed by atoms with Gasteiger partial charge in [-0.15, -0.1) is 0 Å². The summed E-state index contributed by atoms with van der Waals surface area (Å²) in [5.41, 5.74) is 0.403. The Hall–Kier alpha value is -1.64. The number of carbonyl (C=O) groups excluding carboxylic acids is 1. The molecule has 1 N–H and O–H groups in total. The maximum Gasteiger partial charge on any atom is 0.243 e. The number of hydrogen-bond acceptors (Lipinski definition) is 5. The van der Waals surface area contributed by atoms with Gasteiger partial charge in [0.15, 0.2) is 0 Å². The molecule has 3 rings (SSSR count). The van der Waals surface area contributed by atoms with E-state index < -0.39 is 20.9 Å². The first-order chi connectivity index (χ1) is 14.0. The zero-order valence-electron chi connectivity index (χ0n) is 19.0. The Morgan fingerprint density at radius 3 is 2.30 bits per heavy atom. The Kier molecular flexibility index (Phi) is 6.24. The van der Waals surface area contributed by atoms with Gasteiger partial charge in [-0.1, -0.05) is 34.6 Å². The molecule has 0 aromatic heterocycles. The van der Waals surface area contributed by atoms with Crippen molar-refractivity contribution in [2.45, 2.75) is 57.8 Å². The SMILES string of the molecule is CCN(CC)S(=O)(=O)c1ccc(OC)c2c1C1(CCNCC1)CN2C(=O)C(C)(C)C. The van der Waals surface area contributed by atoms with Crippen LogP contribution >= 0.6 is 0 Å². The number of fused-ring (bicyclic) bond motifs is 2. The van der Waals surface area contributed by atoms with Crippen LogP contribution in [0.15, 0.2) is 17.0 Å². The van der Waals surface area contributed by atoms with Gasteiger partial charge >= 0.3 is 0 Å². The zero-order chi connectivity index (χ0) is 22.3. The van der Waals surface area contributed by atoms with Crippen LogP contribution in [0, 0.1) is 5.41 Å². The van der Waals surface area contributed by atoms with E-state index in [-0.39, 0.29) is 5.91 Å². The first-order valence-corrected chi connectivity index (χ1v) is 12.2. The smallest absolute Gasteiger partial charge is 0.243 e. The third kappa shape index (κ3) is 3.63. The molecule has 1 amide bonds. The molecule has 30 heavy (non-hydrogen) atoms. The number of hydrogen-bond donors (Lipinski definition) is 1.